The lowest BCUT2D eigenvalue weighted by Gasteiger charge is -1.94. The number of halogens is 1. The molecule has 1 rings (SSSR count). The normalized spacial score (nSPS) is 8.36. The molecule has 0 heterocycles. The maximum absolute atomic E-state index is 12.5. The van der Waals surface area contributed by atoms with E-state index in [1.54, 1.807) is 12.1 Å². The molecule has 0 bridgehead atoms. The quantitative estimate of drug-likeness (QED) is 0.573. The molecule has 0 amide bonds. The number of rotatable bonds is 0. The highest BCUT2D eigenvalue weighted by Crippen LogP contribution is 2.10. The van der Waals surface area contributed by atoms with Gasteiger partial charge in [-0.25, -0.2) is 4.39 Å². The summed E-state index contributed by atoms with van der Waals surface area (Å²) in [5.74, 6) is -0.338. The van der Waals surface area contributed by atoms with Crippen LogP contribution in [0.25, 0.3) is 0 Å². The van der Waals surface area contributed by atoms with Crippen molar-refractivity contribution in [3.8, 4) is 0 Å². The summed E-state index contributed by atoms with van der Waals surface area (Å²) in [6.07, 6.45) is 0. The van der Waals surface area contributed by atoms with E-state index in [2.05, 4.69) is 0 Å². The molecule has 0 aromatic heterocycles. The van der Waals surface area contributed by atoms with Crippen LogP contribution in [0.4, 0.5) is 10.1 Å². The van der Waals surface area contributed by atoms with Crippen molar-refractivity contribution in [1.82, 2.24) is 0 Å². The Morgan fingerprint density at radius 3 is 2.18 bits per heavy atom. The summed E-state index contributed by atoms with van der Waals surface area (Å²) in [5.41, 5.74) is 6.31. The minimum atomic E-state index is -0.338. The predicted molar refractivity (Wildman–Crippen MR) is 46.9 cm³/mol. The summed E-state index contributed by atoms with van der Waals surface area (Å²) >= 11 is 0. The second kappa shape index (κ2) is 4.72. The number of hydrogen-bond donors (Lipinski definition) is 1. The molecule has 1 nitrogen and oxygen atoms in total. The van der Waals surface area contributed by atoms with Crippen LogP contribution in [-0.2, 0) is 0 Å². The summed E-state index contributed by atoms with van der Waals surface area (Å²) in [6.45, 7) is 5.82. The second-order valence-corrected chi connectivity index (χ2v) is 2.02. The van der Waals surface area contributed by atoms with Crippen LogP contribution >= 0.6 is 0 Å². The van der Waals surface area contributed by atoms with E-state index >= 15 is 0 Å². The molecule has 0 aliphatic heterocycles. The number of aryl methyl sites for hydroxylation is 1. The molecule has 0 saturated heterocycles. The predicted octanol–water partition coefficient (Wildman–Crippen LogP) is 2.74. The minimum absolute atomic E-state index is 0.209. The van der Waals surface area contributed by atoms with Crippen molar-refractivity contribution in [2.75, 3.05) is 5.73 Å². The van der Waals surface area contributed by atoms with Crippen molar-refractivity contribution in [3.05, 3.63) is 29.6 Å². The highest BCUT2D eigenvalue weighted by Gasteiger charge is 1.94. The number of nitrogen functional groups attached to an aromatic ring is 1. The molecule has 1 aromatic carbocycles. The standard InChI is InChI=1S/C7H8FN.C2H6/c1-5-2-3-7(9)6(8)4-5;1-2/h2-4H,9H2,1H3;1-2H3. The van der Waals surface area contributed by atoms with E-state index in [4.69, 9.17) is 5.73 Å². The molecule has 0 radical (unpaired) electrons. The average Bonchev–Trinajstić information content (AvgIpc) is 2.02. The van der Waals surface area contributed by atoms with Gasteiger partial charge in [-0.2, -0.15) is 0 Å². The Labute approximate surface area is 67.0 Å². The first-order valence-electron chi connectivity index (χ1n) is 3.72. The van der Waals surface area contributed by atoms with Gasteiger partial charge in [-0.15, -0.1) is 0 Å². The molecule has 2 heteroatoms. The van der Waals surface area contributed by atoms with Crippen LogP contribution in [0.5, 0.6) is 0 Å². The summed E-state index contributed by atoms with van der Waals surface area (Å²) in [6, 6.07) is 4.75. The Balaban J connectivity index is 0.000000461. The Morgan fingerprint density at radius 1 is 1.27 bits per heavy atom. The lowest BCUT2D eigenvalue weighted by Crippen LogP contribution is -1.89. The van der Waals surface area contributed by atoms with Gasteiger partial charge in [0.05, 0.1) is 5.69 Å². The molecule has 0 aliphatic rings. The average molecular weight is 155 g/mol. The van der Waals surface area contributed by atoms with Crippen LogP contribution in [-0.4, -0.2) is 0 Å². The Bertz CT molecular complexity index is 221. The van der Waals surface area contributed by atoms with E-state index in [0.29, 0.717) is 0 Å². The van der Waals surface area contributed by atoms with Gasteiger partial charge in [0, 0.05) is 0 Å². The molecule has 62 valence electrons. The molecule has 0 unspecified atom stereocenters. The van der Waals surface area contributed by atoms with E-state index < -0.39 is 0 Å². The molecule has 0 saturated carbocycles. The zero-order valence-corrected chi connectivity index (χ0v) is 7.19. The molecule has 0 fully saturated rings. The summed E-state index contributed by atoms with van der Waals surface area (Å²) in [4.78, 5) is 0. The molecule has 0 atom stereocenters. The van der Waals surface area contributed by atoms with Crippen molar-refractivity contribution < 1.29 is 4.39 Å². The van der Waals surface area contributed by atoms with Crippen LogP contribution in [0.3, 0.4) is 0 Å². The Kier molecular flexibility index (Phi) is 4.27. The van der Waals surface area contributed by atoms with Gasteiger partial charge in [0.25, 0.3) is 0 Å². The van der Waals surface area contributed by atoms with Crippen molar-refractivity contribution >= 4 is 5.69 Å². The van der Waals surface area contributed by atoms with Gasteiger partial charge in [-0.05, 0) is 24.6 Å². The van der Waals surface area contributed by atoms with Crippen LogP contribution in [0.15, 0.2) is 18.2 Å². The monoisotopic (exact) mass is 155 g/mol. The lowest BCUT2D eigenvalue weighted by molar-refractivity contribution is 0.631. The first kappa shape index (κ1) is 9.95. The molecule has 11 heavy (non-hydrogen) atoms. The molecule has 1 aromatic rings. The molecule has 2 N–H and O–H groups in total. The SMILES string of the molecule is CC.Cc1ccc(N)c(F)c1. The van der Waals surface area contributed by atoms with Gasteiger partial charge in [-0.1, -0.05) is 19.9 Å². The van der Waals surface area contributed by atoms with Crippen LogP contribution in [0.2, 0.25) is 0 Å². The highest BCUT2D eigenvalue weighted by molar-refractivity contribution is 5.40. The fourth-order valence-electron chi connectivity index (χ4n) is 0.632. The van der Waals surface area contributed by atoms with Gasteiger partial charge in [0.15, 0.2) is 0 Å². The molecular weight excluding hydrogens is 141 g/mol. The molecular formula is C9H14FN. The van der Waals surface area contributed by atoms with Gasteiger partial charge in [0.2, 0.25) is 0 Å². The van der Waals surface area contributed by atoms with E-state index in [0.717, 1.165) is 5.56 Å². The van der Waals surface area contributed by atoms with Crippen LogP contribution in [0.1, 0.15) is 19.4 Å². The number of nitrogens with two attached hydrogens (primary N) is 1. The molecule has 0 aliphatic carbocycles. The summed E-state index contributed by atoms with van der Waals surface area (Å²) in [5, 5.41) is 0. The van der Waals surface area contributed by atoms with E-state index in [-0.39, 0.29) is 11.5 Å². The second-order valence-electron chi connectivity index (χ2n) is 2.02. The Morgan fingerprint density at radius 2 is 1.82 bits per heavy atom. The summed E-state index contributed by atoms with van der Waals surface area (Å²) < 4.78 is 12.5. The third-order valence-corrected chi connectivity index (χ3v) is 1.16. The fraction of sp³-hybridized carbons (Fsp3) is 0.333. The van der Waals surface area contributed by atoms with Gasteiger partial charge in [0.1, 0.15) is 5.82 Å². The summed E-state index contributed by atoms with van der Waals surface area (Å²) in [7, 11) is 0. The van der Waals surface area contributed by atoms with Crippen molar-refractivity contribution in [2.24, 2.45) is 0 Å². The zero-order valence-electron chi connectivity index (χ0n) is 7.19. The van der Waals surface area contributed by atoms with Gasteiger partial charge < -0.3 is 5.73 Å². The topological polar surface area (TPSA) is 26.0 Å². The fourth-order valence-corrected chi connectivity index (χ4v) is 0.632. The van der Waals surface area contributed by atoms with E-state index in [1.165, 1.54) is 6.07 Å². The Hall–Kier alpha value is -1.05. The third-order valence-electron chi connectivity index (χ3n) is 1.16. The van der Waals surface area contributed by atoms with Crippen molar-refractivity contribution in [2.45, 2.75) is 20.8 Å². The van der Waals surface area contributed by atoms with Crippen LogP contribution < -0.4 is 5.73 Å². The number of hydrogen-bond acceptors (Lipinski definition) is 1. The maximum Gasteiger partial charge on any atom is 0.146 e. The number of benzene rings is 1. The smallest absolute Gasteiger partial charge is 0.146 e. The first-order chi connectivity index (χ1) is 5.20. The van der Waals surface area contributed by atoms with E-state index in [1.807, 2.05) is 20.8 Å². The first-order valence-corrected chi connectivity index (χ1v) is 3.72. The third kappa shape index (κ3) is 3.03. The zero-order chi connectivity index (χ0) is 8.85. The van der Waals surface area contributed by atoms with E-state index in [9.17, 15) is 4.39 Å². The minimum Gasteiger partial charge on any atom is -0.396 e. The number of anilines is 1. The van der Waals surface area contributed by atoms with Crippen molar-refractivity contribution in [1.29, 1.82) is 0 Å². The van der Waals surface area contributed by atoms with Gasteiger partial charge in [-0.3, -0.25) is 0 Å². The highest BCUT2D eigenvalue weighted by atomic mass is 19.1. The largest absolute Gasteiger partial charge is 0.396 e. The lowest BCUT2D eigenvalue weighted by atomic mass is 10.2. The maximum atomic E-state index is 12.5. The molecule has 0 spiro atoms. The van der Waals surface area contributed by atoms with Gasteiger partial charge >= 0.3 is 0 Å². The van der Waals surface area contributed by atoms with Crippen LogP contribution in [0, 0.1) is 12.7 Å². The van der Waals surface area contributed by atoms with Crippen molar-refractivity contribution in [3.63, 3.8) is 0 Å².